The smallest absolute Gasteiger partial charge is 0.261 e. The zero-order chi connectivity index (χ0) is 24.1. The van der Waals surface area contributed by atoms with E-state index in [2.05, 4.69) is 10.2 Å². The molecule has 178 valence electrons. The Kier molecular flexibility index (Phi) is 5.35. The van der Waals surface area contributed by atoms with Crippen LogP contribution in [0.5, 0.6) is 5.75 Å². The Morgan fingerprint density at radius 2 is 1.74 bits per heavy atom. The first-order chi connectivity index (χ1) is 16.2. The number of carbonyl (C=O) groups is 1. The van der Waals surface area contributed by atoms with Crippen LogP contribution in [0.25, 0.3) is 10.9 Å². The number of hydrogen-bond acceptors (Lipinski definition) is 6. The summed E-state index contributed by atoms with van der Waals surface area (Å²) in [6, 6.07) is 3.99. The molecule has 0 bridgehead atoms. The van der Waals surface area contributed by atoms with E-state index in [-0.39, 0.29) is 29.1 Å². The van der Waals surface area contributed by atoms with E-state index >= 15 is 4.39 Å². The van der Waals surface area contributed by atoms with Gasteiger partial charge in [-0.3, -0.25) is 19.3 Å². The number of carbonyl (C=O) groups excluding carboxylic acids is 1. The van der Waals surface area contributed by atoms with Gasteiger partial charge in [-0.2, -0.15) is 0 Å². The van der Waals surface area contributed by atoms with Crippen LogP contribution in [0.1, 0.15) is 10.4 Å². The molecule has 0 saturated carbocycles. The van der Waals surface area contributed by atoms with Crippen LogP contribution in [0.3, 0.4) is 0 Å². The summed E-state index contributed by atoms with van der Waals surface area (Å²) in [5, 5.41) is 4.01. The highest BCUT2D eigenvalue weighted by molar-refractivity contribution is 6.06. The molecular weight excluding hydrogens is 451 g/mol. The van der Waals surface area contributed by atoms with Crippen molar-refractivity contribution >= 4 is 28.2 Å². The van der Waals surface area contributed by atoms with E-state index in [4.69, 9.17) is 4.74 Å². The molecule has 34 heavy (non-hydrogen) atoms. The van der Waals surface area contributed by atoms with Crippen LogP contribution in [0.2, 0.25) is 0 Å². The molecular formula is C23H22F3N5O3. The van der Waals surface area contributed by atoms with E-state index in [1.807, 2.05) is 11.9 Å². The Balaban J connectivity index is 1.62. The third-order valence-corrected chi connectivity index (χ3v) is 6.16. The maximum Gasteiger partial charge on any atom is 0.261 e. The van der Waals surface area contributed by atoms with Gasteiger partial charge in [0.05, 0.1) is 5.39 Å². The summed E-state index contributed by atoms with van der Waals surface area (Å²) in [5.74, 6) is -3.38. The Bertz CT molecular complexity index is 1370. The van der Waals surface area contributed by atoms with Crippen LogP contribution in [0.15, 0.2) is 35.3 Å². The van der Waals surface area contributed by atoms with Gasteiger partial charge in [0.25, 0.3) is 5.91 Å². The summed E-state index contributed by atoms with van der Waals surface area (Å²) in [6.07, 6.45) is 1.34. The molecule has 0 radical (unpaired) electrons. The largest absolute Gasteiger partial charge is 0.467 e. The van der Waals surface area contributed by atoms with E-state index in [0.717, 1.165) is 31.3 Å². The molecule has 5 rings (SSSR count). The Morgan fingerprint density at radius 1 is 1.00 bits per heavy atom. The van der Waals surface area contributed by atoms with E-state index in [0.29, 0.717) is 24.3 Å². The van der Waals surface area contributed by atoms with Crippen molar-refractivity contribution in [1.82, 2.24) is 9.58 Å². The summed E-state index contributed by atoms with van der Waals surface area (Å²) in [6.45, 7) is 2.78. The summed E-state index contributed by atoms with van der Waals surface area (Å²) in [7, 11) is 3.69. The number of ether oxygens (including phenoxy) is 1. The van der Waals surface area contributed by atoms with Crippen molar-refractivity contribution in [3.05, 3.63) is 63.7 Å². The molecule has 1 amide bonds. The fraction of sp³-hybridized carbons (Fsp3) is 0.304. The first kappa shape index (κ1) is 22.1. The first-order valence-electron chi connectivity index (χ1n) is 10.7. The molecule has 2 aromatic carbocycles. The monoisotopic (exact) mass is 473 g/mol. The van der Waals surface area contributed by atoms with Crippen molar-refractivity contribution in [2.75, 3.05) is 62.2 Å². The van der Waals surface area contributed by atoms with Crippen molar-refractivity contribution in [2.24, 2.45) is 0 Å². The van der Waals surface area contributed by atoms with Crippen molar-refractivity contribution in [2.45, 2.75) is 0 Å². The second-order valence-corrected chi connectivity index (χ2v) is 8.45. The minimum atomic E-state index is -1.14. The van der Waals surface area contributed by atoms with Gasteiger partial charge in [-0.25, -0.2) is 13.2 Å². The number of aromatic nitrogens is 1. The Labute approximate surface area is 192 Å². The molecule has 1 saturated heterocycles. The number of likely N-dealkylation sites (N-methyl/N-ethyl adjacent to an activating group) is 1. The fourth-order valence-corrected chi connectivity index (χ4v) is 4.28. The van der Waals surface area contributed by atoms with E-state index in [1.165, 1.54) is 12.3 Å². The Hall–Kier alpha value is -3.73. The number of anilines is 2. The van der Waals surface area contributed by atoms with Crippen molar-refractivity contribution in [3.8, 4) is 5.75 Å². The molecule has 1 aromatic heterocycles. The van der Waals surface area contributed by atoms with Gasteiger partial charge in [-0.1, -0.05) is 0 Å². The third kappa shape index (κ3) is 3.61. The maximum absolute atomic E-state index is 15.4. The number of amides is 1. The molecule has 3 aromatic rings. The lowest BCUT2D eigenvalue weighted by atomic mass is 10.1. The highest BCUT2D eigenvalue weighted by Crippen LogP contribution is 2.40. The number of hydrogen-bond donors (Lipinski definition) is 1. The number of nitrogens with zero attached hydrogens (tertiary/aromatic N) is 4. The summed E-state index contributed by atoms with van der Waals surface area (Å²) >= 11 is 0. The quantitative estimate of drug-likeness (QED) is 0.630. The number of halogens is 3. The molecule has 0 unspecified atom stereocenters. The second-order valence-electron chi connectivity index (χ2n) is 8.45. The van der Waals surface area contributed by atoms with E-state index in [1.54, 1.807) is 16.7 Å². The van der Waals surface area contributed by atoms with Gasteiger partial charge in [-0.15, -0.1) is 0 Å². The van der Waals surface area contributed by atoms with Gasteiger partial charge in [0.2, 0.25) is 5.43 Å². The van der Waals surface area contributed by atoms with E-state index < -0.39 is 28.8 Å². The summed E-state index contributed by atoms with van der Waals surface area (Å²) in [4.78, 5) is 30.2. The van der Waals surface area contributed by atoms with Crippen molar-refractivity contribution in [1.29, 1.82) is 0 Å². The van der Waals surface area contributed by atoms with Crippen LogP contribution in [0.4, 0.5) is 24.5 Å². The van der Waals surface area contributed by atoms with Gasteiger partial charge in [0, 0.05) is 51.2 Å². The van der Waals surface area contributed by atoms with Gasteiger partial charge in [0.15, 0.2) is 29.9 Å². The van der Waals surface area contributed by atoms with Crippen molar-refractivity contribution < 1.29 is 22.7 Å². The van der Waals surface area contributed by atoms with Crippen LogP contribution in [-0.2, 0) is 0 Å². The highest BCUT2D eigenvalue weighted by Gasteiger charge is 2.30. The molecule has 0 spiro atoms. The molecule has 3 heterocycles. The minimum absolute atomic E-state index is 0.0176. The van der Waals surface area contributed by atoms with Crippen LogP contribution in [0, 0.1) is 17.5 Å². The molecule has 0 atom stereocenters. The van der Waals surface area contributed by atoms with E-state index in [9.17, 15) is 18.4 Å². The lowest BCUT2D eigenvalue weighted by Crippen LogP contribution is -2.46. The zero-order valence-corrected chi connectivity index (χ0v) is 18.6. The normalized spacial score (nSPS) is 16.0. The molecule has 0 aliphatic carbocycles. The molecule has 2 aliphatic rings. The summed E-state index contributed by atoms with van der Waals surface area (Å²) < 4.78 is 49.6. The second kappa shape index (κ2) is 8.24. The number of pyridine rings is 1. The number of nitrogens with one attached hydrogen (secondary N) is 1. The van der Waals surface area contributed by atoms with Gasteiger partial charge < -0.3 is 19.9 Å². The standard InChI is InChI=1S/C23H22F3N5O3/c1-28-5-7-30(8-6-28)20-18(26)10-14-19-22(20)34-12-29(2)31(19)11-15(21(14)32)23(33)27-13-3-4-16(24)17(25)9-13/h3-4,9-11H,5-8,12H2,1-2H3,(H,27,33). The predicted octanol–water partition coefficient (Wildman–Crippen LogP) is 2.34. The van der Waals surface area contributed by atoms with Crippen LogP contribution >= 0.6 is 0 Å². The maximum atomic E-state index is 15.4. The highest BCUT2D eigenvalue weighted by atomic mass is 19.2. The number of rotatable bonds is 3. The predicted molar refractivity (Wildman–Crippen MR) is 122 cm³/mol. The Morgan fingerprint density at radius 3 is 2.44 bits per heavy atom. The topological polar surface area (TPSA) is 70.0 Å². The molecule has 2 aliphatic heterocycles. The first-order valence-corrected chi connectivity index (χ1v) is 10.7. The molecule has 11 heteroatoms. The number of benzene rings is 2. The van der Waals surface area contributed by atoms with Gasteiger partial charge in [-0.05, 0) is 25.2 Å². The zero-order valence-electron chi connectivity index (χ0n) is 18.6. The van der Waals surface area contributed by atoms with Crippen LogP contribution in [-0.4, -0.2) is 62.5 Å². The lowest BCUT2D eigenvalue weighted by molar-refractivity contribution is 0.102. The average Bonchev–Trinajstić information content (AvgIpc) is 2.80. The SMILES string of the molecule is CN1CCN(c2c(F)cc3c(=O)c(C(=O)Nc4ccc(F)c(F)c4)cn4c3c2OCN4C)CC1. The third-order valence-electron chi connectivity index (χ3n) is 6.16. The number of piperazine rings is 1. The lowest BCUT2D eigenvalue weighted by Gasteiger charge is -2.37. The van der Waals surface area contributed by atoms with Gasteiger partial charge in [0.1, 0.15) is 16.8 Å². The minimum Gasteiger partial charge on any atom is -0.467 e. The average molecular weight is 473 g/mol. The molecule has 8 nitrogen and oxygen atoms in total. The van der Waals surface area contributed by atoms with Crippen molar-refractivity contribution in [3.63, 3.8) is 0 Å². The fourth-order valence-electron chi connectivity index (χ4n) is 4.28. The molecule has 1 N–H and O–H groups in total. The molecule has 1 fully saturated rings. The van der Waals surface area contributed by atoms with Gasteiger partial charge >= 0.3 is 0 Å². The summed E-state index contributed by atoms with van der Waals surface area (Å²) in [5.41, 5.74) is -0.339. The van der Waals surface area contributed by atoms with Crippen LogP contribution < -0.4 is 25.4 Å².